The van der Waals surface area contributed by atoms with E-state index in [1.165, 1.54) is 49.9 Å². The van der Waals surface area contributed by atoms with E-state index in [-0.39, 0.29) is 0 Å². The van der Waals surface area contributed by atoms with Gasteiger partial charge in [-0.3, -0.25) is 4.90 Å². The van der Waals surface area contributed by atoms with Crippen LogP contribution >= 0.6 is 0 Å². The Hall–Kier alpha value is -0.860. The van der Waals surface area contributed by atoms with E-state index in [0.29, 0.717) is 5.54 Å². The molecule has 2 aliphatic rings. The van der Waals surface area contributed by atoms with Crippen molar-refractivity contribution in [2.24, 2.45) is 5.92 Å². The van der Waals surface area contributed by atoms with Crippen LogP contribution in [-0.4, -0.2) is 29.6 Å². The maximum absolute atomic E-state index is 3.89. The van der Waals surface area contributed by atoms with E-state index in [2.05, 4.69) is 55.3 Å². The molecule has 3 rings (SSSR count). The first-order valence-corrected chi connectivity index (χ1v) is 8.70. The van der Waals surface area contributed by atoms with Gasteiger partial charge in [0.25, 0.3) is 0 Å². The topological polar surface area (TPSA) is 15.3 Å². The minimum absolute atomic E-state index is 0.329. The van der Waals surface area contributed by atoms with Crippen molar-refractivity contribution in [3.63, 3.8) is 0 Å². The molecule has 0 spiro atoms. The molecule has 2 heteroatoms. The van der Waals surface area contributed by atoms with Crippen LogP contribution < -0.4 is 5.32 Å². The summed E-state index contributed by atoms with van der Waals surface area (Å²) < 4.78 is 0. The van der Waals surface area contributed by atoms with Crippen molar-refractivity contribution in [1.82, 2.24) is 10.2 Å². The van der Waals surface area contributed by atoms with E-state index < -0.39 is 0 Å². The van der Waals surface area contributed by atoms with Gasteiger partial charge in [-0.25, -0.2) is 0 Å². The minimum Gasteiger partial charge on any atom is -0.308 e. The summed E-state index contributed by atoms with van der Waals surface area (Å²) in [4.78, 5) is 2.77. The molecule has 2 fully saturated rings. The highest BCUT2D eigenvalue weighted by Gasteiger charge is 2.42. The third-order valence-electron chi connectivity index (χ3n) is 5.69. The van der Waals surface area contributed by atoms with Crippen LogP contribution in [0.5, 0.6) is 0 Å². The second-order valence-corrected chi connectivity index (χ2v) is 7.16. The SMILES string of the molecule is CCC1(CC)CN(Cc2ccc(C)cc2)C(C2CC2)CN1. The van der Waals surface area contributed by atoms with Crippen LogP contribution in [-0.2, 0) is 6.54 Å². The van der Waals surface area contributed by atoms with Crippen molar-refractivity contribution in [2.75, 3.05) is 13.1 Å². The molecule has 21 heavy (non-hydrogen) atoms. The summed E-state index contributed by atoms with van der Waals surface area (Å²) in [7, 11) is 0. The van der Waals surface area contributed by atoms with Crippen LogP contribution in [0.25, 0.3) is 0 Å². The summed E-state index contributed by atoms with van der Waals surface area (Å²) in [5, 5.41) is 3.89. The highest BCUT2D eigenvalue weighted by Crippen LogP contribution is 2.38. The Morgan fingerprint density at radius 1 is 1.14 bits per heavy atom. The van der Waals surface area contributed by atoms with E-state index in [1.807, 2.05) is 0 Å². The maximum Gasteiger partial charge on any atom is 0.0304 e. The van der Waals surface area contributed by atoms with Crippen LogP contribution in [0.2, 0.25) is 0 Å². The van der Waals surface area contributed by atoms with Gasteiger partial charge in [-0.05, 0) is 44.1 Å². The van der Waals surface area contributed by atoms with Crippen LogP contribution in [0.15, 0.2) is 24.3 Å². The molecule has 116 valence electrons. The summed E-state index contributed by atoms with van der Waals surface area (Å²) in [6.45, 7) is 10.3. The lowest BCUT2D eigenvalue weighted by Gasteiger charge is -2.48. The van der Waals surface area contributed by atoms with Gasteiger partial charge in [-0.2, -0.15) is 0 Å². The van der Waals surface area contributed by atoms with E-state index >= 15 is 0 Å². The van der Waals surface area contributed by atoms with Gasteiger partial charge in [-0.15, -0.1) is 0 Å². The third-order valence-corrected chi connectivity index (χ3v) is 5.69. The van der Waals surface area contributed by atoms with Crippen molar-refractivity contribution >= 4 is 0 Å². The molecule has 1 aliphatic carbocycles. The van der Waals surface area contributed by atoms with E-state index in [4.69, 9.17) is 0 Å². The quantitative estimate of drug-likeness (QED) is 0.887. The van der Waals surface area contributed by atoms with E-state index in [9.17, 15) is 0 Å². The van der Waals surface area contributed by atoms with Gasteiger partial charge < -0.3 is 5.32 Å². The second-order valence-electron chi connectivity index (χ2n) is 7.16. The lowest BCUT2D eigenvalue weighted by molar-refractivity contribution is 0.0557. The molecule has 1 saturated carbocycles. The number of hydrogen-bond acceptors (Lipinski definition) is 2. The fourth-order valence-electron chi connectivity index (χ4n) is 3.78. The zero-order valence-electron chi connectivity index (χ0n) is 13.9. The van der Waals surface area contributed by atoms with Crippen molar-refractivity contribution in [1.29, 1.82) is 0 Å². The summed E-state index contributed by atoms with van der Waals surface area (Å²) in [6, 6.07) is 9.85. The van der Waals surface area contributed by atoms with Crippen molar-refractivity contribution in [3.8, 4) is 0 Å². The Morgan fingerprint density at radius 2 is 1.81 bits per heavy atom. The Labute approximate surface area is 129 Å². The predicted molar refractivity (Wildman–Crippen MR) is 89.4 cm³/mol. The Balaban J connectivity index is 1.75. The Morgan fingerprint density at radius 3 is 2.38 bits per heavy atom. The Kier molecular flexibility index (Phi) is 4.37. The minimum atomic E-state index is 0.329. The van der Waals surface area contributed by atoms with Gasteiger partial charge in [0.15, 0.2) is 0 Å². The zero-order valence-corrected chi connectivity index (χ0v) is 13.9. The van der Waals surface area contributed by atoms with Crippen LogP contribution in [0, 0.1) is 12.8 Å². The molecular formula is C19H30N2. The molecule has 2 nitrogen and oxygen atoms in total. The van der Waals surface area contributed by atoms with Gasteiger partial charge in [0.05, 0.1) is 0 Å². The molecule has 1 N–H and O–H groups in total. The largest absolute Gasteiger partial charge is 0.308 e. The highest BCUT2D eigenvalue weighted by atomic mass is 15.3. The molecule has 1 unspecified atom stereocenters. The molecule has 1 heterocycles. The molecule has 1 aromatic carbocycles. The van der Waals surface area contributed by atoms with Crippen molar-refractivity contribution in [2.45, 2.75) is 64.6 Å². The monoisotopic (exact) mass is 286 g/mol. The number of nitrogens with zero attached hydrogens (tertiary/aromatic N) is 1. The average Bonchev–Trinajstić information content (AvgIpc) is 3.34. The first-order chi connectivity index (χ1) is 10.2. The number of piperazine rings is 1. The number of benzene rings is 1. The molecule has 0 radical (unpaired) electrons. The first kappa shape index (κ1) is 15.1. The summed E-state index contributed by atoms with van der Waals surface area (Å²) in [5.41, 5.74) is 3.15. The second kappa shape index (κ2) is 6.10. The van der Waals surface area contributed by atoms with Crippen molar-refractivity contribution in [3.05, 3.63) is 35.4 Å². The number of rotatable bonds is 5. The van der Waals surface area contributed by atoms with Gasteiger partial charge in [0, 0.05) is 31.2 Å². The molecule has 1 aromatic rings. The molecule has 0 bridgehead atoms. The molecule has 1 aliphatic heterocycles. The fraction of sp³-hybridized carbons (Fsp3) is 0.684. The van der Waals surface area contributed by atoms with Crippen LogP contribution in [0.1, 0.15) is 50.7 Å². The maximum atomic E-state index is 3.89. The van der Waals surface area contributed by atoms with Gasteiger partial charge in [0.2, 0.25) is 0 Å². The third kappa shape index (κ3) is 3.32. The first-order valence-electron chi connectivity index (χ1n) is 8.70. The smallest absolute Gasteiger partial charge is 0.0304 e. The molecule has 0 aromatic heterocycles. The predicted octanol–water partition coefficient (Wildman–Crippen LogP) is 3.74. The number of aryl methyl sites for hydroxylation is 1. The fourth-order valence-corrected chi connectivity index (χ4v) is 3.78. The summed E-state index contributed by atoms with van der Waals surface area (Å²) in [6.07, 6.45) is 5.32. The molecular weight excluding hydrogens is 256 g/mol. The zero-order chi connectivity index (χ0) is 14.9. The van der Waals surface area contributed by atoms with Crippen LogP contribution in [0.3, 0.4) is 0 Å². The molecule has 1 saturated heterocycles. The van der Waals surface area contributed by atoms with Crippen LogP contribution in [0.4, 0.5) is 0 Å². The van der Waals surface area contributed by atoms with Crippen molar-refractivity contribution < 1.29 is 0 Å². The van der Waals surface area contributed by atoms with E-state index in [0.717, 1.165) is 18.5 Å². The normalized spacial score (nSPS) is 26.0. The average molecular weight is 286 g/mol. The molecule has 0 amide bonds. The number of hydrogen-bond donors (Lipinski definition) is 1. The highest BCUT2D eigenvalue weighted by molar-refractivity contribution is 5.21. The molecule has 1 atom stereocenters. The Bertz CT molecular complexity index is 457. The standard InChI is InChI=1S/C19H30N2/c1-4-19(5-2)14-21(18(12-20-19)17-10-11-17)13-16-8-6-15(3)7-9-16/h6-9,17-18,20H,4-5,10-14H2,1-3H3. The summed E-state index contributed by atoms with van der Waals surface area (Å²) >= 11 is 0. The summed E-state index contributed by atoms with van der Waals surface area (Å²) in [5.74, 6) is 0.940. The lowest BCUT2D eigenvalue weighted by atomic mass is 9.87. The van der Waals surface area contributed by atoms with E-state index in [1.54, 1.807) is 0 Å². The van der Waals surface area contributed by atoms with Gasteiger partial charge >= 0.3 is 0 Å². The lowest BCUT2D eigenvalue weighted by Crippen LogP contribution is -2.64. The number of nitrogens with one attached hydrogen (secondary N) is 1. The van der Waals surface area contributed by atoms with Gasteiger partial charge in [-0.1, -0.05) is 43.7 Å². The van der Waals surface area contributed by atoms with Gasteiger partial charge in [0.1, 0.15) is 0 Å².